The zero-order valence-electron chi connectivity index (χ0n) is 16.9. The molecule has 8 nitrogen and oxygen atoms in total. The number of fused-ring (bicyclic) bond motifs is 1. The number of amides is 2. The normalized spacial score (nSPS) is 19.1. The third-order valence-electron chi connectivity index (χ3n) is 5.11. The van der Waals surface area contributed by atoms with Crippen LogP contribution < -0.4 is 11.0 Å². The van der Waals surface area contributed by atoms with Crippen LogP contribution >= 0.6 is 0 Å². The first-order valence-corrected chi connectivity index (χ1v) is 9.93. The molecule has 2 N–H and O–H groups in total. The molecule has 2 heterocycles. The summed E-state index contributed by atoms with van der Waals surface area (Å²) in [5.74, 6) is -0.378. The minimum absolute atomic E-state index is 0.00387. The van der Waals surface area contributed by atoms with Gasteiger partial charge in [0.05, 0.1) is 23.2 Å². The van der Waals surface area contributed by atoms with E-state index in [1.807, 2.05) is 26.0 Å². The Hall–Kier alpha value is -3.39. The summed E-state index contributed by atoms with van der Waals surface area (Å²) in [6.45, 7) is 4.91. The summed E-state index contributed by atoms with van der Waals surface area (Å²) in [6.07, 6.45) is 0.00774. The van der Waals surface area contributed by atoms with Crippen molar-refractivity contribution in [2.45, 2.75) is 32.6 Å². The molecule has 2 atom stereocenters. The number of rotatable bonds is 4. The standard InChI is InChI=1S/C22H24N4O4/c1-14-11-25(12-15(2)30-14)21(28)16-7-9-17(10-8-16)23-20(27)13-26-19-6-4-3-5-18(19)24-22(26)29/h3-10,14-15H,11-13H2,1-2H3,(H,23,27)(H,24,29). The highest BCUT2D eigenvalue weighted by atomic mass is 16.5. The van der Waals surface area contributed by atoms with Crippen molar-refractivity contribution < 1.29 is 14.3 Å². The molecule has 0 saturated carbocycles. The van der Waals surface area contributed by atoms with Crippen LogP contribution in [0.25, 0.3) is 11.0 Å². The van der Waals surface area contributed by atoms with Crippen molar-refractivity contribution in [2.24, 2.45) is 0 Å². The van der Waals surface area contributed by atoms with Gasteiger partial charge in [0.1, 0.15) is 6.54 Å². The van der Waals surface area contributed by atoms with Gasteiger partial charge in [0.15, 0.2) is 0 Å². The zero-order chi connectivity index (χ0) is 21.3. The van der Waals surface area contributed by atoms with Crippen LogP contribution in [-0.2, 0) is 16.1 Å². The van der Waals surface area contributed by atoms with Gasteiger partial charge in [-0.15, -0.1) is 0 Å². The minimum atomic E-state index is -0.332. The number of aromatic amines is 1. The van der Waals surface area contributed by atoms with E-state index in [2.05, 4.69) is 10.3 Å². The molecule has 0 bridgehead atoms. The fraction of sp³-hybridized carbons (Fsp3) is 0.318. The van der Waals surface area contributed by atoms with E-state index in [-0.39, 0.29) is 36.3 Å². The van der Waals surface area contributed by atoms with Crippen LogP contribution in [0.5, 0.6) is 0 Å². The highest BCUT2D eigenvalue weighted by Gasteiger charge is 2.26. The van der Waals surface area contributed by atoms with E-state index >= 15 is 0 Å². The predicted molar refractivity (Wildman–Crippen MR) is 114 cm³/mol. The summed E-state index contributed by atoms with van der Waals surface area (Å²) >= 11 is 0. The molecule has 1 aliphatic rings. The van der Waals surface area contributed by atoms with Gasteiger partial charge in [0.25, 0.3) is 5.91 Å². The number of aromatic nitrogens is 2. The fourth-order valence-electron chi connectivity index (χ4n) is 3.83. The highest BCUT2D eigenvalue weighted by Crippen LogP contribution is 2.17. The molecule has 4 rings (SSSR count). The van der Waals surface area contributed by atoms with Crippen LogP contribution in [-0.4, -0.2) is 51.6 Å². The fourth-order valence-corrected chi connectivity index (χ4v) is 3.83. The van der Waals surface area contributed by atoms with E-state index in [0.29, 0.717) is 35.4 Å². The number of anilines is 1. The summed E-state index contributed by atoms with van der Waals surface area (Å²) in [5, 5.41) is 2.77. The Balaban J connectivity index is 1.42. The summed E-state index contributed by atoms with van der Waals surface area (Å²) in [6, 6.07) is 14.0. The van der Waals surface area contributed by atoms with Crippen LogP contribution in [0.1, 0.15) is 24.2 Å². The van der Waals surface area contributed by atoms with Gasteiger partial charge >= 0.3 is 5.69 Å². The number of morpholine rings is 1. The van der Waals surface area contributed by atoms with Crippen molar-refractivity contribution in [1.29, 1.82) is 0 Å². The highest BCUT2D eigenvalue weighted by molar-refractivity contribution is 5.96. The maximum Gasteiger partial charge on any atom is 0.326 e. The minimum Gasteiger partial charge on any atom is -0.372 e. The van der Waals surface area contributed by atoms with Crippen LogP contribution in [0, 0.1) is 0 Å². The Morgan fingerprint density at radius 2 is 1.73 bits per heavy atom. The number of imidazole rings is 1. The lowest BCUT2D eigenvalue weighted by Gasteiger charge is -2.35. The number of carbonyl (C=O) groups is 2. The smallest absolute Gasteiger partial charge is 0.326 e. The molecule has 1 fully saturated rings. The summed E-state index contributed by atoms with van der Waals surface area (Å²) in [4.78, 5) is 41.8. The van der Waals surface area contributed by atoms with Crippen molar-refractivity contribution in [1.82, 2.24) is 14.5 Å². The number of para-hydroxylation sites is 2. The number of ether oxygens (including phenoxy) is 1. The second-order valence-electron chi connectivity index (χ2n) is 7.63. The van der Waals surface area contributed by atoms with E-state index in [4.69, 9.17) is 4.74 Å². The zero-order valence-corrected chi connectivity index (χ0v) is 16.9. The number of hydrogen-bond donors (Lipinski definition) is 2. The van der Waals surface area contributed by atoms with Crippen LogP contribution in [0.3, 0.4) is 0 Å². The van der Waals surface area contributed by atoms with Crippen molar-refractivity contribution in [3.05, 3.63) is 64.6 Å². The van der Waals surface area contributed by atoms with Crippen molar-refractivity contribution >= 4 is 28.5 Å². The average Bonchev–Trinajstić information content (AvgIpc) is 3.02. The summed E-state index contributed by atoms with van der Waals surface area (Å²) in [7, 11) is 0. The number of nitrogens with zero attached hydrogens (tertiary/aromatic N) is 2. The second-order valence-corrected chi connectivity index (χ2v) is 7.63. The first-order valence-electron chi connectivity index (χ1n) is 9.93. The maximum atomic E-state index is 12.7. The van der Waals surface area contributed by atoms with E-state index in [1.54, 1.807) is 41.3 Å². The quantitative estimate of drug-likeness (QED) is 0.692. The molecule has 0 radical (unpaired) electrons. The molecule has 0 spiro atoms. The van der Waals surface area contributed by atoms with Gasteiger partial charge in [0, 0.05) is 24.3 Å². The SMILES string of the molecule is CC1CN(C(=O)c2ccc(NC(=O)Cn3c(=O)[nH]c4ccccc43)cc2)CC(C)O1. The molecule has 156 valence electrons. The Bertz CT molecular complexity index is 1120. The van der Waals surface area contributed by atoms with Crippen LogP contribution in [0.2, 0.25) is 0 Å². The number of benzene rings is 2. The molecule has 2 unspecified atom stereocenters. The van der Waals surface area contributed by atoms with Crippen molar-refractivity contribution in [2.75, 3.05) is 18.4 Å². The first-order chi connectivity index (χ1) is 14.4. The number of carbonyl (C=O) groups excluding carboxylic acids is 2. The number of hydrogen-bond acceptors (Lipinski definition) is 4. The van der Waals surface area contributed by atoms with Gasteiger partial charge in [-0.1, -0.05) is 12.1 Å². The lowest BCUT2D eigenvalue weighted by Crippen LogP contribution is -2.48. The first kappa shape index (κ1) is 19.9. The Morgan fingerprint density at radius 1 is 1.07 bits per heavy atom. The molecular weight excluding hydrogens is 384 g/mol. The van der Waals surface area contributed by atoms with E-state index in [1.165, 1.54) is 4.57 Å². The molecule has 8 heteroatoms. The molecule has 0 aliphatic carbocycles. The molecule has 1 saturated heterocycles. The average molecular weight is 408 g/mol. The van der Waals surface area contributed by atoms with Crippen molar-refractivity contribution in [3.63, 3.8) is 0 Å². The maximum absolute atomic E-state index is 12.7. The summed E-state index contributed by atoms with van der Waals surface area (Å²) < 4.78 is 7.07. The van der Waals surface area contributed by atoms with Gasteiger partial charge in [-0.2, -0.15) is 0 Å². The predicted octanol–water partition coefficient (Wildman–Crippen LogP) is 2.22. The Kier molecular flexibility index (Phi) is 5.41. The molecule has 30 heavy (non-hydrogen) atoms. The molecule has 3 aromatic rings. The largest absolute Gasteiger partial charge is 0.372 e. The van der Waals surface area contributed by atoms with Crippen molar-refractivity contribution in [3.8, 4) is 0 Å². The Morgan fingerprint density at radius 3 is 2.43 bits per heavy atom. The monoisotopic (exact) mass is 408 g/mol. The van der Waals surface area contributed by atoms with Crippen LogP contribution in [0.4, 0.5) is 5.69 Å². The lowest BCUT2D eigenvalue weighted by atomic mass is 10.1. The number of nitrogens with one attached hydrogen (secondary N) is 2. The topological polar surface area (TPSA) is 96.4 Å². The van der Waals surface area contributed by atoms with Gasteiger partial charge in [-0.05, 0) is 50.2 Å². The third-order valence-corrected chi connectivity index (χ3v) is 5.11. The summed E-state index contributed by atoms with van der Waals surface area (Å²) in [5.41, 5.74) is 2.15. The molecule has 1 aliphatic heterocycles. The van der Waals surface area contributed by atoms with Gasteiger partial charge in [-0.3, -0.25) is 14.2 Å². The molecule has 2 aromatic carbocycles. The van der Waals surface area contributed by atoms with E-state index in [9.17, 15) is 14.4 Å². The van der Waals surface area contributed by atoms with E-state index in [0.717, 1.165) is 0 Å². The molecular formula is C22H24N4O4. The van der Waals surface area contributed by atoms with E-state index < -0.39 is 0 Å². The third kappa shape index (κ3) is 4.13. The Labute approximate surface area is 173 Å². The lowest BCUT2D eigenvalue weighted by molar-refractivity contribution is -0.116. The molecule has 2 amide bonds. The second kappa shape index (κ2) is 8.16. The van der Waals surface area contributed by atoms with Gasteiger partial charge in [-0.25, -0.2) is 4.79 Å². The van der Waals surface area contributed by atoms with Crippen LogP contribution in [0.15, 0.2) is 53.3 Å². The number of H-pyrrole nitrogens is 1. The van der Waals surface area contributed by atoms with Gasteiger partial charge in [0.2, 0.25) is 5.91 Å². The van der Waals surface area contributed by atoms with Gasteiger partial charge < -0.3 is 19.9 Å². The molecule has 1 aromatic heterocycles.